The second kappa shape index (κ2) is 8.09. The fraction of sp³-hybridized carbons (Fsp3) is 0.647. The van der Waals surface area contributed by atoms with Crippen molar-refractivity contribution in [2.45, 2.75) is 31.7 Å². The summed E-state index contributed by atoms with van der Waals surface area (Å²) < 4.78 is 4.73. The Balaban J connectivity index is 1.46. The number of hydrogen-bond donors (Lipinski definition) is 2. The molecule has 7 heteroatoms. The van der Waals surface area contributed by atoms with E-state index in [0.29, 0.717) is 23.2 Å². The molecule has 2 fully saturated rings. The third-order valence-corrected chi connectivity index (χ3v) is 5.87. The van der Waals surface area contributed by atoms with Gasteiger partial charge in [-0.15, -0.1) is 11.3 Å². The molecule has 1 aromatic heterocycles. The highest BCUT2D eigenvalue weighted by molar-refractivity contribution is 7.12. The molecule has 6 nitrogen and oxygen atoms in total. The molecule has 1 unspecified atom stereocenters. The number of hydrogen-bond acceptors (Lipinski definition) is 6. The second-order valence-electron chi connectivity index (χ2n) is 6.52. The Morgan fingerprint density at radius 3 is 2.83 bits per heavy atom. The number of amides is 1. The number of carbonyl (C=O) groups excluding carboxylic acids is 2. The normalized spacial score (nSPS) is 22.5. The first-order valence-corrected chi connectivity index (χ1v) is 9.46. The van der Waals surface area contributed by atoms with E-state index in [1.165, 1.54) is 31.3 Å². The zero-order valence-electron chi connectivity index (χ0n) is 14.0. The van der Waals surface area contributed by atoms with Gasteiger partial charge in [-0.1, -0.05) is 0 Å². The highest BCUT2D eigenvalue weighted by atomic mass is 32.1. The standard InChI is InChI=1S/C17H25N3O3S/c1-23-17(22)16-14(6-10-24-16)19-15(21)11-20-8-4-12(5-9-20)13-3-2-7-18-13/h6,10,12-13,18H,2-5,7-9,11H2,1H3,(H,19,21). The fourth-order valence-corrected chi connectivity index (χ4v) is 4.44. The highest BCUT2D eigenvalue weighted by Gasteiger charge is 2.29. The molecule has 1 aromatic rings. The molecule has 3 heterocycles. The highest BCUT2D eigenvalue weighted by Crippen LogP contribution is 2.26. The molecular weight excluding hydrogens is 326 g/mol. The summed E-state index contributed by atoms with van der Waals surface area (Å²) in [4.78, 5) is 26.6. The van der Waals surface area contributed by atoms with Crippen LogP contribution >= 0.6 is 11.3 Å². The van der Waals surface area contributed by atoms with E-state index in [4.69, 9.17) is 4.74 Å². The quantitative estimate of drug-likeness (QED) is 0.794. The average Bonchev–Trinajstić information content (AvgIpc) is 3.26. The van der Waals surface area contributed by atoms with E-state index in [9.17, 15) is 9.59 Å². The van der Waals surface area contributed by atoms with Crippen molar-refractivity contribution in [2.24, 2.45) is 5.92 Å². The maximum absolute atomic E-state index is 12.3. The van der Waals surface area contributed by atoms with Crippen LogP contribution in [0.5, 0.6) is 0 Å². The van der Waals surface area contributed by atoms with Gasteiger partial charge in [0, 0.05) is 6.04 Å². The van der Waals surface area contributed by atoms with Gasteiger partial charge < -0.3 is 15.4 Å². The number of anilines is 1. The third-order valence-electron chi connectivity index (χ3n) is 4.98. The van der Waals surface area contributed by atoms with Gasteiger partial charge in [-0.25, -0.2) is 4.79 Å². The summed E-state index contributed by atoms with van der Waals surface area (Å²) in [6.07, 6.45) is 4.88. The molecule has 0 radical (unpaired) electrons. The smallest absolute Gasteiger partial charge is 0.350 e. The van der Waals surface area contributed by atoms with Crippen LogP contribution in [0.1, 0.15) is 35.4 Å². The number of esters is 1. The van der Waals surface area contributed by atoms with Gasteiger partial charge in [0.2, 0.25) is 5.91 Å². The third kappa shape index (κ3) is 4.15. The fourth-order valence-electron chi connectivity index (χ4n) is 3.68. The monoisotopic (exact) mass is 351 g/mol. The molecule has 0 aliphatic carbocycles. The first-order chi connectivity index (χ1) is 11.7. The molecule has 0 spiro atoms. The van der Waals surface area contributed by atoms with Crippen molar-refractivity contribution in [3.05, 3.63) is 16.3 Å². The Kier molecular flexibility index (Phi) is 5.86. The van der Waals surface area contributed by atoms with Crippen molar-refractivity contribution in [3.8, 4) is 0 Å². The van der Waals surface area contributed by atoms with Crippen LogP contribution in [0.3, 0.4) is 0 Å². The van der Waals surface area contributed by atoms with Crippen molar-refractivity contribution in [1.82, 2.24) is 10.2 Å². The molecule has 0 bridgehead atoms. The Labute approximate surface area is 146 Å². The summed E-state index contributed by atoms with van der Waals surface area (Å²) >= 11 is 1.27. The Bertz CT molecular complexity index is 575. The summed E-state index contributed by atoms with van der Waals surface area (Å²) in [5.74, 6) is 0.260. The number of nitrogens with zero attached hydrogens (tertiary/aromatic N) is 1. The van der Waals surface area contributed by atoms with Crippen LogP contribution < -0.4 is 10.6 Å². The molecule has 2 saturated heterocycles. The first kappa shape index (κ1) is 17.4. The lowest BCUT2D eigenvalue weighted by Crippen LogP contribution is -2.43. The van der Waals surface area contributed by atoms with Gasteiger partial charge in [-0.2, -0.15) is 0 Å². The largest absolute Gasteiger partial charge is 0.465 e. The number of piperidine rings is 1. The summed E-state index contributed by atoms with van der Waals surface area (Å²) in [6, 6.07) is 2.42. The second-order valence-corrected chi connectivity index (χ2v) is 7.44. The lowest BCUT2D eigenvalue weighted by Gasteiger charge is -2.34. The van der Waals surface area contributed by atoms with Crippen molar-refractivity contribution in [3.63, 3.8) is 0 Å². The van der Waals surface area contributed by atoms with E-state index in [0.717, 1.165) is 38.4 Å². The number of ether oxygens (including phenoxy) is 1. The lowest BCUT2D eigenvalue weighted by atomic mass is 9.88. The molecule has 1 amide bonds. The number of likely N-dealkylation sites (tertiary alicyclic amines) is 1. The van der Waals surface area contributed by atoms with Gasteiger partial charge in [-0.3, -0.25) is 9.69 Å². The maximum Gasteiger partial charge on any atom is 0.350 e. The van der Waals surface area contributed by atoms with Gasteiger partial charge in [-0.05, 0) is 62.7 Å². The molecule has 3 rings (SSSR count). The Morgan fingerprint density at radius 1 is 1.38 bits per heavy atom. The summed E-state index contributed by atoms with van der Waals surface area (Å²) in [5.41, 5.74) is 0.543. The van der Waals surface area contributed by atoms with Crippen molar-refractivity contribution < 1.29 is 14.3 Å². The molecule has 132 valence electrons. The Hall–Kier alpha value is -1.44. The number of methoxy groups -OCH3 is 1. The molecule has 1 atom stereocenters. The van der Waals surface area contributed by atoms with Crippen molar-refractivity contribution in [1.29, 1.82) is 0 Å². The molecule has 0 aromatic carbocycles. The van der Waals surface area contributed by atoms with E-state index in [1.807, 2.05) is 0 Å². The number of carbonyl (C=O) groups is 2. The molecule has 0 saturated carbocycles. The van der Waals surface area contributed by atoms with Crippen LogP contribution in [-0.2, 0) is 9.53 Å². The first-order valence-electron chi connectivity index (χ1n) is 8.58. The molecule has 2 aliphatic rings. The predicted octanol–water partition coefficient (Wildman–Crippen LogP) is 1.94. The molecule has 2 aliphatic heterocycles. The molecular formula is C17H25N3O3S. The minimum atomic E-state index is -0.412. The topological polar surface area (TPSA) is 70.7 Å². The van der Waals surface area contributed by atoms with Gasteiger partial charge >= 0.3 is 5.97 Å². The van der Waals surface area contributed by atoms with Crippen LogP contribution in [0.25, 0.3) is 0 Å². The number of rotatable bonds is 5. The number of thiophene rings is 1. The summed E-state index contributed by atoms with van der Waals surface area (Å²) in [6.45, 7) is 3.45. The predicted molar refractivity (Wildman–Crippen MR) is 94.5 cm³/mol. The molecule has 2 N–H and O–H groups in total. The minimum Gasteiger partial charge on any atom is -0.465 e. The minimum absolute atomic E-state index is 0.0732. The van der Waals surface area contributed by atoms with Crippen LogP contribution in [0.4, 0.5) is 5.69 Å². The van der Waals surface area contributed by atoms with Gasteiger partial charge in [0.25, 0.3) is 0 Å². The van der Waals surface area contributed by atoms with Gasteiger partial charge in [0.1, 0.15) is 4.88 Å². The van der Waals surface area contributed by atoms with E-state index in [1.54, 1.807) is 11.4 Å². The zero-order chi connectivity index (χ0) is 16.9. The van der Waals surface area contributed by atoms with Crippen molar-refractivity contribution >= 4 is 28.9 Å². The zero-order valence-corrected chi connectivity index (χ0v) is 14.9. The summed E-state index contributed by atoms with van der Waals surface area (Å²) in [5, 5.41) is 8.21. The van der Waals surface area contributed by atoms with E-state index in [2.05, 4.69) is 15.5 Å². The van der Waals surface area contributed by atoms with Crippen molar-refractivity contribution in [2.75, 3.05) is 38.6 Å². The van der Waals surface area contributed by atoms with Crippen LogP contribution in [-0.4, -0.2) is 56.1 Å². The van der Waals surface area contributed by atoms with Gasteiger partial charge in [0.05, 0.1) is 19.3 Å². The SMILES string of the molecule is COC(=O)c1sccc1NC(=O)CN1CCC(C2CCCN2)CC1. The summed E-state index contributed by atoms with van der Waals surface area (Å²) in [7, 11) is 1.34. The van der Waals surface area contributed by atoms with Crippen LogP contribution in [0.2, 0.25) is 0 Å². The number of nitrogens with one attached hydrogen (secondary N) is 2. The van der Waals surface area contributed by atoms with Crippen LogP contribution in [0.15, 0.2) is 11.4 Å². The maximum atomic E-state index is 12.3. The Morgan fingerprint density at radius 2 is 2.17 bits per heavy atom. The average molecular weight is 351 g/mol. The van der Waals surface area contributed by atoms with Gasteiger partial charge in [0.15, 0.2) is 0 Å². The molecule has 24 heavy (non-hydrogen) atoms. The lowest BCUT2D eigenvalue weighted by molar-refractivity contribution is -0.117. The van der Waals surface area contributed by atoms with E-state index in [-0.39, 0.29) is 5.91 Å². The van der Waals surface area contributed by atoms with Crippen LogP contribution in [0, 0.1) is 5.92 Å². The van der Waals surface area contributed by atoms with E-state index >= 15 is 0 Å². The van der Waals surface area contributed by atoms with E-state index < -0.39 is 5.97 Å².